The zero-order valence-corrected chi connectivity index (χ0v) is 9.64. The molecule has 2 heterocycles. The molecule has 0 aliphatic carbocycles. The van der Waals surface area contributed by atoms with Gasteiger partial charge in [0.1, 0.15) is 5.69 Å². The molecule has 0 aromatic carbocycles. The highest BCUT2D eigenvalue weighted by Gasteiger charge is 2.15. The second-order valence-electron chi connectivity index (χ2n) is 3.27. The topological polar surface area (TPSA) is 98.7 Å². The molecule has 0 saturated carbocycles. The van der Waals surface area contributed by atoms with Crippen molar-refractivity contribution < 1.29 is 4.79 Å². The van der Waals surface area contributed by atoms with Crippen LogP contribution in [0.2, 0.25) is 5.15 Å². The van der Waals surface area contributed by atoms with Crippen LogP contribution in [0, 0.1) is 0 Å². The molecular weight excluding hydrogens is 244 g/mol. The minimum atomic E-state index is -0.404. The number of rotatable bonds is 2. The van der Waals surface area contributed by atoms with E-state index in [1.165, 1.54) is 16.9 Å². The van der Waals surface area contributed by atoms with Crippen LogP contribution in [0.25, 0.3) is 0 Å². The van der Waals surface area contributed by atoms with E-state index in [4.69, 9.17) is 17.3 Å². The molecular formula is C9H9ClN6O. The largest absolute Gasteiger partial charge is 0.396 e. The van der Waals surface area contributed by atoms with Gasteiger partial charge in [-0.1, -0.05) is 11.6 Å². The van der Waals surface area contributed by atoms with Crippen LogP contribution in [0.5, 0.6) is 0 Å². The Hall–Kier alpha value is -2.15. The summed E-state index contributed by atoms with van der Waals surface area (Å²) < 4.78 is 1.38. The maximum absolute atomic E-state index is 11.8. The Morgan fingerprint density at radius 2 is 2.24 bits per heavy atom. The van der Waals surface area contributed by atoms with E-state index >= 15 is 0 Å². The number of carbonyl (C=O) groups excluding carboxylic acids is 1. The highest BCUT2D eigenvalue weighted by Crippen LogP contribution is 2.12. The summed E-state index contributed by atoms with van der Waals surface area (Å²) in [5.74, 6) is -0.112. The summed E-state index contributed by atoms with van der Waals surface area (Å²) in [5.41, 5.74) is 6.18. The maximum atomic E-state index is 11.8. The van der Waals surface area contributed by atoms with Crippen molar-refractivity contribution >= 4 is 29.0 Å². The summed E-state index contributed by atoms with van der Waals surface area (Å²) in [6.45, 7) is 0. The Kier molecular flexibility index (Phi) is 2.92. The highest BCUT2D eigenvalue weighted by molar-refractivity contribution is 6.29. The molecule has 0 aliphatic rings. The lowest BCUT2D eigenvalue weighted by atomic mass is 10.3. The molecule has 17 heavy (non-hydrogen) atoms. The van der Waals surface area contributed by atoms with Gasteiger partial charge >= 0.3 is 0 Å². The molecule has 0 radical (unpaired) electrons. The standard InChI is InChI=1S/C9H9ClN6O/c1-16-8(5(11)4-12-16)9(17)13-7-3-2-6(10)14-15-7/h2-4H,11H2,1H3,(H,13,15,17). The Labute approximate surface area is 102 Å². The number of carbonyl (C=O) groups is 1. The molecule has 2 aromatic heterocycles. The van der Waals surface area contributed by atoms with E-state index in [9.17, 15) is 4.79 Å². The number of aromatic nitrogens is 4. The van der Waals surface area contributed by atoms with Crippen molar-refractivity contribution in [2.24, 2.45) is 7.05 Å². The quantitative estimate of drug-likeness (QED) is 0.820. The van der Waals surface area contributed by atoms with Crippen molar-refractivity contribution in [3.8, 4) is 0 Å². The van der Waals surface area contributed by atoms with Crippen molar-refractivity contribution in [1.29, 1.82) is 0 Å². The molecule has 1 amide bonds. The van der Waals surface area contributed by atoms with Crippen LogP contribution >= 0.6 is 11.6 Å². The summed E-state index contributed by atoms with van der Waals surface area (Å²) >= 11 is 5.58. The molecule has 88 valence electrons. The summed E-state index contributed by atoms with van der Waals surface area (Å²) in [4.78, 5) is 11.8. The smallest absolute Gasteiger partial charge is 0.277 e. The Morgan fingerprint density at radius 1 is 1.47 bits per heavy atom. The Bertz CT molecular complexity index is 530. The van der Waals surface area contributed by atoms with Gasteiger partial charge in [-0.25, -0.2) is 0 Å². The van der Waals surface area contributed by atoms with E-state index in [0.29, 0.717) is 11.5 Å². The lowest BCUT2D eigenvalue weighted by Crippen LogP contribution is -2.18. The van der Waals surface area contributed by atoms with Crippen molar-refractivity contribution in [2.45, 2.75) is 0 Å². The number of nitrogens with two attached hydrogens (primary N) is 1. The maximum Gasteiger partial charge on any atom is 0.277 e. The number of halogens is 1. The summed E-state index contributed by atoms with van der Waals surface area (Å²) in [6, 6.07) is 3.07. The molecule has 2 aromatic rings. The number of aryl methyl sites for hydroxylation is 1. The minimum Gasteiger partial charge on any atom is -0.396 e. The highest BCUT2D eigenvalue weighted by atomic mass is 35.5. The number of nitrogens with one attached hydrogen (secondary N) is 1. The van der Waals surface area contributed by atoms with E-state index in [1.54, 1.807) is 13.1 Å². The third-order valence-electron chi connectivity index (χ3n) is 2.06. The minimum absolute atomic E-state index is 0.253. The van der Waals surface area contributed by atoms with Crippen LogP contribution in [-0.4, -0.2) is 25.9 Å². The van der Waals surface area contributed by atoms with Gasteiger partial charge in [0.25, 0.3) is 5.91 Å². The van der Waals surface area contributed by atoms with Crippen LogP contribution < -0.4 is 11.1 Å². The Balaban J connectivity index is 2.20. The third-order valence-corrected chi connectivity index (χ3v) is 2.26. The number of nitrogen functional groups attached to an aromatic ring is 1. The van der Waals surface area contributed by atoms with Crippen molar-refractivity contribution in [3.05, 3.63) is 29.2 Å². The van der Waals surface area contributed by atoms with Gasteiger partial charge in [-0.2, -0.15) is 5.10 Å². The second-order valence-corrected chi connectivity index (χ2v) is 3.65. The van der Waals surface area contributed by atoms with Gasteiger partial charge in [-0.15, -0.1) is 10.2 Å². The van der Waals surface area contributed by atoms with Crippen molar-refractivity contribution in [3.63, 3.8) is 0 Å². The van der Waals surface area contributed by atoms with E-state index in [0.717, 1.165) is 0 Å². The van der Waals surface area contributed by atoms with Gasteiger partial charge in [0, 0.05) is 7.05 Å². The van der Waals surface area contributed by atoms with Crippen molar-refractivity contribution in [2.75, 3.05) is 11.1 Å². The van der Waals surface area contributed by atoms with Gasteiger partial charge in [0.2, 0.25) is 0 Å². The molecule has 0 bridgehead atoms. The zero-order valence-electron chi connectivity index (χ0n) is 8.88. The lowest BCUT2D eigenvalue weighted by molar-refractivity contribution is 0.101. The fraction of sp³-hybridized carbons (Fsp3) is 0.111. The predicted octanol–water partition coefficient (Wildman–Crippen LogP) is 0.698. The second kappa shape index (κ2) is 4.38. The normalized spacial score (nSPS) is 10.2. The number of amides is 1. The van der Waals surface area contributed by atoms with Crippen LogP contribution in [0.1, 0.15) is 10.5 Å². The molecule has 7 nitrogen and oxygen atoms in total. The molecule has 3 N–H and O–H groups in total. The van der Waals surface area contributed by atoms with E-state index in [2.05, 4.69) is 20.6 Å². The lowest BCUT2D eigenvalue weighted by Gasteiger charge is -2.04. The first kappa shape index (κ1) is 11.3. The first-order valence-corrected chi connectivity index (χ1v) is 5.04. The summed E-state index contributed by atoms with van der Waals surface area (Å²) in [6.07, 6.45) is 1.41. The molecule has 8 heteroatoms. The van der Waals surface area contributed by atoms with Crippen LogP contribution in [-0.2, 0) is 7.05 Å². The number of nitrogens with zero attached hydrogens (tertiary/aromatic N) is 4. The van der Waals surface area contributed by atoms with Crippen LogP contribution in [0.15, 0.2) is 18.3 Å². The monoisotopic (exact) mass is 252 g/mol. The van der Waals surface area contributed by atoms with Crippen LogP contribution in [0.3, 0.4) is 0 Å². The number of anilines is 2. The average Bonchev–Trinajstić information content (AvgIpc) is 2.62. The Morgan fingerprint density at radius 3 is 2.76 bits per heavy atom. The predicted molar refractivity (Wildman–Crippen MR) is 62.6 cm³/mol. The van der Waals surface area contributed by atoms with Gasteiger partial charge < -0.3 is 11.1 Å². The molecule has 0 unspecified atom stereocenters. The van der Waals surface area contributed by atoms with Gasteiger partial charge in [0.05, 0.1) is 11.9 Å². The fourth-order valence-corrected chi connectivity index (χ4v) is 1.39. The molecule has 0 saturated heterocycles. The van der Waals surface area contributed by atoms with E-state index < -0.39 is 5.91 Å². The first-order chi connectivity index (χ1) is 8.08. The molecule has 0 aliphatic heterocycles. The van der Waals surface area contributed by atoms with Crippen LogP contribution in [0.4, 0.5) is 11.5 Å². The van der Waals surface area contributed by atoms with Gasteiger partial charge in [0.15, 0.2) is 11.0 Å². The van der Waals surface area contributed by atoms with Crippen molar-refractivity contribution in [1.82, 2.24) is 20.0 Å². The first-order valence-electron chi connectivity index (χ1n) is 4.66. The molecule has 0 spiro atoms. The molecule has 0 fully saturated rings. The average molecular weight is 253 g/mol. The van der Waals surface area contributed by atoms with Gasteiger partial charge in [-0.3, -0.25) is 9.48 Å². The molecule has 0 atom stereocenters. The fourth-order valence-electron chi connectivity index (χ4n) is 1.29. The zero-order chi connectivity index (χ0) is 12.4. The van der Waals surface area contributed by atoms with Gasteiger partial charge in [-0.05, 0) is 12.1 Å². The number of hydrogen-bond acceptors (Lipinski definition) is 5. The number of hydrogen-bond donors (Lipinski definition) is 2. The third kappa shape index (κ3) is 2.34. The molecule has 2 rings (SSSR count). The van der Waals surface area contributed by atoms with E-state index in [-0.39, 0.29) is 10.8 Å². The summed E-state index contributed by atoms with van der Waals surface area (Å²) in [7, 11) is 1.62. The van der Waals surface area contributed by atoms with E-state index in [1.807, 2.05) is 0 Å². The summed E-state index contributed by atoms with van der Waals surface area (Å²) in [5, 5.41) is 14.0. The SMILES string of the molecule is Cn1ncc(N)c1C(=O)Nc1ccc(Cl)nn1.